The van der Waals surface area contributed by atoms with Gasteiger partial charge in [-0.2, -0.15) is 0 Å². The third-order valence-corrected chi connectivity index (χ3v) is 5.31. The van der Waals surface area contributed by atoms with E-state index in [9.17, 15) is 9.90 Å². The van der Waals surface area contributed by atoms with E-state index in [1.54, 1.807) is 13.0 Å². The molecule has 1 saturated heterocycles. The Labute approximate surface area is 140 Å². The lowest BCUT2D eigenvalue weighted by Gasteiger charge is -2.22. The van der Waals surface area contributed by atoms with Gasteiger partial charge in [0.05, 0.1) is 17.3 Å². The number of fused-ring (bicyclic) bond motifs is 1. The lowest BCUT2D eigenvalue weighted by Crippen LogP contribution is -2.25. The number of allylic oxidation sites excluding steroid dienone is 3. The van der Waals surface area contributed by atoms with E-state index < -0.39 is 5.60 Å². The molecule has 1 fully saturated rings. The number of ketones is 1. The van der Waals surface area contributed by atoms with Crippen LogP contribution in [0.2, 0.25) is 0 Å². The first-order chi connectivity index (χ1) is 10.6. The Morgan fingerprint density at radius 2 is 2.00 bits per heavy atom. The van der Waals surface area contributed by atoms with E-state index in [0.717, 1.165) is 31.3 Å². The van der Waals surface area contributed by atoms with E-state index in [1.165, 1.54) is 0 Å². The van der Waals surface area contributed by atoms with Gasteiger partial charge in [-0.25, -0.2) is 0 Å². The van der Waals surface area contributed by atoms with E-state index in [1.807, 2.05) is 13.0 Å². The zero-order valence-electron chi connectivity index (χ0n) is 15.3. The zero-order chi connectivity index (χ0) is 17.3. The summed E-state index contributed by atoms with van der Waals surface area (Å²) < 4.78 is 5.94. The standard InChI is InChI=1S/C20H32O3/c1-14(2)16-8-10-19(4,22)13-17(21)12-15(3)6-7-18-20(5,23-18)11-9-16/h8,10,12,14,16,18,22H,6-7,9,11,13H2,1-5H3/b10-8+,15-12-/t16-,18?,19+,20+/m1/s1. The number of aliphatic hydroxyl groups is 1. The first-order valence-electron chi connectivity index (χ1n) is 8.91. The molecule has 1 aliphatic heterocycles. The Hall–Kier alpha value is -0.930. The summed E-state index contributed by atoms with van der Waals surface area (Å²) in [4.78, 5) is 12.1. The van der Waals surface area contributed by atoms with Crippen molar-refractivity contribution in [3.05, 3.63) is 23.8 Å². The third kappa shape index (κ3) is 5.29. The monoisotopic (exact) mass is 320 g/mol. The van der Waals surface area contributed by atoms with Crippen molar-refractivity contribution in [3.63, 3.8) is 0 Å². The van der Waals surface area contributed by atoms with Crippen molar-refractivity contribution in [1.29, 1.82) is 0 Å². The second kappa shape index (κ2) is 6.90. The largest absolute Gasteiger partial charge is 0.386 e. The number of hydrogen-bond donors (Lipinski definition) is 1. The normalized spacial score (nSPS) is 43.3. The van der Waals surface area contributed by atoms with Crippen LogP contribution >= 0.6 is 0 Å². The van der Waals surface area contributed by atoms with Gasteiger partial charge in [-0.3, -0.25) is 4.79 Å². The van der Waals surface area contributed by atoms with Crippen molar-refractivity contribution < 1.29 is 14.6 Å². The highest BCUT2D eigenvalue weighted by molar-refractivity contribution is 5.91. The van der Waals surface area contributed by atoms with Gasteiger partial charge in [-0.15, -0.1) is 0 Å². The minimum absolute atomic E-state index is 0.00208. The van der Waals surface area contributed by atoms with Crippen molar-refractivity contribution in [2.45, 2.75) is 84.0 Å². The SMILES string of the molecule is C/C1=C/C(=O)C[C@@](C)(O)/C=C/[C@@H](C(C)C)CC[C@]2(C)OC2CC1. The molecule has 0 bridgehead atoms. The minimum atomic E-state index is -1.08. The summed E-state index contributed by atoms with van der Waals surface area (Å²) in [5, 5.41) is 10.5. The third-order valence-electron chi connectivity index (χ3n) is 5.31. The number of epoxide rings is 1. The summed E-state index contributed by atoms with van der Waals surface area (Å²) >= 11 is 0. The van der Waals surface area contributed by atoms with Crippen LogP contribution in [0.4, 0.5) is 0 Å². The van der Waals surface area contributed by atoms with Crippen LogP contribution in [0.3, 0.4) is 0 Å². The van der Waals surface area contributed by atoms with Crippen LogP contribution in [0.15, 0.2) is 23.8 Å². The summed E-state index contributed by atoms with van der Waals surface area (Å²) in [6.07, 6.45) is 10.0. The number of carbonyl (C=O) groups is 1. The molecule has 0 saturated carbocycles. The molecule has 23 heavy (non-hydrogen) atoms. The van der Waals surface area contributed by atoms with E-state index in [-0.39, 0.29) is 17.8 Å². The lowest BCUT2D eigenvalue weighted by molar-refractivity contribution is -0.117. The van der Waals surface area contributed by atoms with E-state index in [0.29, 0.717) is 17.9 Å². The molecule has 0 aromatic rings. The maximum absolute atomic E-state index is 12.1. The molecule has 0 spiro atoms. The van der Waals surface area contributed by atoms with Crippen molar-refractivity contribution in [1.82, 2.24) is 0 Å². The predicted molar refractivity (Wildman–Crippen MR) is 93.2 cm³/mol. The Morgan fingerprint density at radius 1 is 1.30 bits per heavy atom. The fourth-order valence-electron chi connectivity index (χ4n) is 3.48. The van der Waals surface area contributed by atoms with Gasteiger partial charge in [0.25, 0.3) is 0 Å². The zero-order valence-corrected chi connectivity index (χ0v) is 15.3. The lowest BCUT2D eigenvalue weighted by atomic mass is 9.84. The van der Waals surface area contributed by atoms with Crippen LogP contribution in [-0.4, -0.2) is 28.2 Å². The van der Waals surface area contributed by atoms with Gasteiger partial charge in [0, 0.05) is 6.42 Å². The van der Waals surface area contributed by atoms with Gasteiger partial charge in [0.2, 0.25) is 0 Å². The van der Waals surface area contributed by atoms with Crippen molar-refractivity contribution in [3.8, 4) is 0 Å². The first-order valence-corrected chi connectivity index (χ1v) is 8.91. The van der Waals surface area contributed by atoms with Gasteiger partial charge >= 0.3 is 0 Å². The number of ether oxygens (including phenoxy) is 1. The minimum Gasteiger partial charge on any atom is -0.386 e. The van der Waals surface area contributed by atoms with Gasteiger partial charge in [-0.05, 0) is 64.4 Å². The first kappa shape index (κ1) is 18.4. The van der Waals surface area contributed by atoms with Crippen LogP contribution in [0, 0.1) is 11.8 Å². The average Bonchev–Trinajstić information content (AvgIpc) is 3.05. The van der Waals surface area contributed by atoms with Crippen molar-refractivity contribution in [2.24, 2.45) is 11.8 Å². The molecule has 2 rings (SSSR count). The summed E-state index contributed by atoms with van der Waals surface area (Å²) in [6.45, 7) is 10.3. The summed E-state index contributed by atoms with van der Waals surface area (Å²) in [5.74, 6) is 0.904. The van der Waals surface area contributed by atoms with Crippen LogP contribution in [0.1, 0.15) is 66.7 Å². The number of carbonyl (C=O) groups excluding carboxylic acids is 1. The molecule has 1 unspecified atom stereocenters. The van der Waals surface area contributed by atoms with Crippen LogP contribution in [-0.2, 0) is 9.53 Å². The molecule has 0 aromatic carbocycles. The predicted octanol–water partition coefficient (Wildman–Crippen LogP) is 4.20. The second-order valence-corrected chi connectivity index (χ2v) is 8.25. The average molecular weight is 320 g/mol. The van der Waals surface area contributed by atoms with Crippen LogP contribution in [0.25, 0.3) is 0 Å². The molecule has 1 heterocycles. The fraction of sp³-hybridized carbons (Fsp3) is 0.750. The van der Waals surface area contributed by atoms with E-state index >= 15 is 0 Å². The summed E-state index contributed by atoms with van der Waals surface area (Å²) in [6, 6.07) is 0. The molecule has 1 N–H and O–H groups in total. The van der Waals surface area contributed by atoms with E-state index in [2.05, 4.69) is 26.8 Å². The van der Waals surface area contributed by atoms with Gasteiger partial charge in [-0.1, -0.05) is 31.6 Å². The molecule has 0 amide bonds. The molecule has 3 heteroatoms. The molecule has 0 radical (unpaired) electrons. The van der Waals surface area contributed by atoms with E-state index in [4.69, 9.17) is 4.74 Å². The topological polar surface area (TPSA) is 49.8 Å². The Bertz CT molecular complexity index is 501. The van der Waals surface area contributed by atoms with Crippen molar-refractivity contribution in [2.75, 3.05) is 0 Å². The van der Waals surface area contributed by atoms with Gasteiger partial charge in [0.1, 0.15) is 0 Å². The molecule has 4 atom stereocenters. The molecular weight excluding hydrogens is 288 g/mol. The fourth-order valence-corrected chi connectivity index (χ4v) is 3.48. The number of rotatable bonds is 1. The maximum Gasteiger partial charge on any atom is 0.158 e. The molecule has 2 aliphatic rings. The molecule has 3 nitrogen and oxygen atoms in total. The van der Waals surface area contributed by atoms with Crippen LogP contribution in [0.5, 0.6) is 0 Å². The summed E-state index contributed by atoms with van der Waals surface area (Å²) in [5.41, 5.74) is -0.00400. The second-order valence-electron chi connectivity index (χ2n) is 8.25. The Balaban J connectivity index is 2.18. The maximum atomic E-state index is 12.1. The van der Waals surface area contributed by atoms with Crippen molar-refractivity contribution >= 4 is 5.78 Å². The van der Waals surface area contributed by atoms with Gasteiger partial charge in [0.15, 0.2) is 5.78 Å². The molecule has 130 valence electrons. The molecular formula is C20H32O3. The Morgan fingerprint density at radius 3 is 2.65 bits per heavy atom. The smallest absolute Gasteiger partial charge is 0.158 e. The quantitative estimate of drug-likeness (QED) is 0.582. The molecule has 0 aromatic heterocycles. The highest BCUT2D eigenvalue weighted by Gasteiger charge is 2.51. The highest BCUT2D eigenvalue weighted by atomic mass is 16.6. The van der Waals surface area contributed by atoms with Gasteiger partial charge < -0.3 is 9.84 Å². The summed E-state index contributed by atoms with van der Waals surface area (Å²) in [7, 11) is 0. The van der Waals surface area contributed by atoms with Crippen LogP contribution < -0.4 is 0 Å². The number of hydrogen-bond acceptors (Lipinski definition) is 3. The molecule has 1 aliphatic carbocycles. The Kier molecular flexibility index (Phi) is 5.52. The highest BCUT2D eigenvalue weighted by Crippen LogP contribution is 2.44.